The maximum absolute atomic E-state index is 12.3. The molecular weight excluding hydrogens is 300 g/mol. The van der Waals surface area contributed by atoms with E-state index in [-0.39, 0.29) is 5.91 Å². The van der Waals surface area contributed by atoms with Crippen LogP contribution in [0.5, 0.6) is 0 Å². The minimum atomic E-state index is 0.0897. The summed E-state index contributed by atoms with van der Waals surface area (Å²) < 4.78 is 0. The van der Waals surface area contributed by atoms with Gasteiger partial charge in [0.25, 0.3) is 0 Å². The minimum absolute atomic E-state index is 0.0897. The van der Waals surface area contributed by atoms with Crippen LogP contribution >= 0.6 is 0 Å². The van der Waals surface area contributed by atoms with E-state index in [0.29, 0.717) is 18.5 Å². The third kappa shape index (κ3) is 4.56. The molecule has 1 amide bonds. The predicted octanol–water partition coefficient (Wildman–Crippen LogP) is 1.73. The number of piperazine rings is 1. The Labute approximate surface area is 145 Å². The molecule has 0 aromatic heterocycles. The number of carbonyl (C=O) groups is 1. The second kappa shape index (κ2) is 8.10. The Balaban J connectivity index is 1.45. The molecule has 1 aromatic carbocycles. The fourth-order valence-electron chi connectivity index (χ4n) is 3.62. The van der Waals surface area contributed by atoms with Crippen molar-refractivity contribution in [2.75, 3.05) is 51.1 Å². The zero-order valence-electron chi connectivity index (χ0n) is 14.9. The highest BCUT2D eigenvalue weighted by atomic mass is 16.2. The van der Waals surface area contributed by atoms with Crippen molar-refractivity contribution in [3.63, 3.8) is 0 Å². The van der Waals surface area contributed by atoms with Crippen LogP contribution in [-0.4, -0.2) is 67.6 Å². The number of rotatable bonds is 5. The smallest absolute Gasteiger partial charge is 0.238 e. The van der Waals surface area contributed by atoms with Gasteiger partial charge in [-0.05, 0) is 36.6 Å². The lowest BCUT2D eigenvalue weighted by Gasteiger charge is -2.37. The van der Waals surface area contributed by atoms with E-state index in [4.69, 9.17) is 0 Å². The van der Waals surface area contributed by atoms with Crippen LogP contribution < -0.4 is 10.6 Å². The van der Waals surface area contributed by atoms with E-state index in [9.17, 15) is 4.79 Å². The Morgan fingerprint density at radius 3 is 2.75 bits per heavy atom. The Kier molecular flexibility index (Phi) is 5.87. The van der Waals surface area contributed by atoms with Gasteiger partial charge >= 0.3 is 0 Å². The van der Waals surface area contributed by atoms with Gasteiger partial charge in [0, 0.05) is 44.5 Å². The highest BCUT2D eigenvalue weighted by Crippen LogP contribution is 2.18. The molecule has 2 aliphatic rings. The SMILES string of the molecule is CC(C)c1cccc(NC(=O)CN2CCN(C3CCNC3)CC2)c1. The third-order valence-electron chi connectivity index (χ3n) is 5.16. The van der Waals surface area contributed by atoms with Crippen LogP contribution in [0.3, 0.4) is 0 Å². The van der Waals surface area contributed by atoms with E-state index in [1.54, 1.807) is 0 Å². The third-order valence-corrected chi connectivity index (χ3v) is 5.16. The maximum atomic E-state index is 12.3. The summed E-state index contributed by atoms with van der Waals surface area (Å²) in [5.41, 5.74) is 2.16. The fraction of sp³-hybridized carbons (Fsp3) is 0.632. The van der Waals surface area contributed by atoms with E-state index >= 15 is 0 Å². The monoisotopic (exact) mass is 330 g/mol. The van der Waals surface area contributed by atoms with Crippen molar-refractivity contribution in [3.8, 4) is 0 Å². The van der Waals surface area contributed by atoms with Gasteiger partial charge < -0.3 is 10.6 Å². The molecule has 2 N–H and O–H groups in total. The molecule has 2 saturated heterocycles. The summed E-state index contributed by atoms with van der Waals surface area (Å²) in [6.07, 6.45) is 1.26. The molecule has 1 unspecified atom stereocenters. The molecule has 2 heterocycles. The quantitative estimate of drug-likeness (QED) is 0.863. The molecule has 24 heavy (non-hydrogen) atoms. The summed E-state index contributed by atoms with van der Waals surface area (Å²) in [6.45, 7) is 11.2. The number of benzene rings is 1. The number of hydrogen-bond donors (Lipinski definition) is 2. The van der Waals surface area contributed by atoms with Crippen molar-refractivity contribution in [1.29, 1.82) is 0 Å². The average Bonchev–Trinajstić information content (AvgIpc) is 3.10. The van der Waals surface area contributed by atoms with Crippen molar-refractivity contribution in [3.05, 3.63) is 29.8 Å². The standard InChI is InChI=1S/C19H30N4O/c1-15(2)16-4-3-5-17(12-16)21-19(24)14-22-8-10-23(11-9-22)18-6-7-20-13-18/h3-5,12,15,18,20H,6-11,13-14H2,1-2H3,(H,21,24). The van der Waals surface area contributed by atoms with Gasteiger partial charge in [0.05, 0.1) is 6.54 Å². The summed E-state index contributed by atoms with van der Waals surface area (Å²) in [5.74, 6) is 0.562. The van der Waals surface area contributed by atoms with Gasteiger partial charge in [-0.25, -0.2) is 0 Å². The summed E-state index contributed by atoms with van der Waals surface area (Å²) in [7, 11) is 0. The molecule has 132 valence electrons. The van der Waals surface area contributed by atoms with Crippen LogP contribution in [0.15, 0.2) is 24.3 Å². The van der Waals surface area contributed by atoms with Crippen LogP contribution in [-0.2, 0) is 4.79 Å². The summed E-state index contributed by atoms with van der Waals surface area (Å²) in [4.78, 5) is 17.2. The fourth-order valence-corrected chi connectivity index (χ4v) is 3.62. The second-order valence-corrected chi connectivity index (χ2v) is 7.29. The molecule has 3 rings (SSSR count). The van der Waals surface area contributed by atoms with Crippen molar-refractivity contribution in [2.24, 2.45) is 0 Å². The van der Waals surface area contributed by atoms with Gasteiger partial charge in [-0.2, -0.15) is 0 Å². The first-order valence-corrected chi connectivity index (χ1v) is 9.19. The van der Waals surface area contributed by atoms with E-state index in [1.807, 2.05) is 12.1 Å². The normalized spacial score (nSPS) is 22.9. The Morgan fingerprint density at radius 1 is 1.29 bits per heavy atom. The summed E-state index contributed by atoms with van der Waals surface area (Å²) in [6, 6.07) is 8.86. The van der Waals surface area contributed by atoms with Crippen molar-refractivity contribution < 1.29 is 4.79 Å². The van der Waals surface area contributed by atoms with Crippen LogP contribution in [0.2, 0.25) is 0 Å². The van der Waals surface area contributed by atoms with Gasteiger partial charge in [0.15, 0.2) is 0 Å². The second-order valence-electron chi connectivity index (χ2n) is 7.29. The van der Waals surface area contributed by atoms with Crippen LogP contribution in [0.1, 0.15) is 31.7 Å². The van der Waals surface area contributed by atoms with Gasteiger partial charge in [-0.1, -0.05) is 26.0 Å². The van der Waals surface area contributed by atoms with E-state index in [1.165, 1.54) is 12.0 Å². The molecular formula is C19H30N4O. The number of nitrogens with one attached hydrogen (secondary N) is 2. The van der Waals surface area contributed by atoms with Gasteiger partial charge in [0.1, 0.15) is 0 Å². The largest absolute Gasteiger partial charge is 0.325 e. The highest BCUT2D eigenvalue weighted by Gasteiger charge is 2.26. The number of hydrogen-bond acceptors (Lipinski definition) is 4. The average molecular weight is 330 g/mol. The zero-order chi connectivity index (χ0) is 16.9. The molecule has 0 bridgehead atoms. The molecule has 0 radical (unpaired) electrons. The van der Waals surface area contributed by atoms with Gasteiger partial charge in [-0.15, -0.1) is 0 Å². The summed E-state index contributed by atoms with van der Waals surface area (Å²) >= 11 is 0. The first-order valence-electron chi connectivity index (χ1n) is 9.19. The van der Waals surface area contributed by atoms with Gasteiger partial charge in [0.2, 0.25) is 5.91 Å². The number of anilines is 1. The number of carbonyl (C=O) groups excluding carboxylic acids is 1. The lowest BCUT2D eigenvalue weighted by atomic mass is 10.0. The number of amides is 1. The predicted molar refractivity (Wildman–Crippen MR) is 98.4 cm³/mol. The van der Waals surface area contributed by atoms with Crippen molar-refractivity contribution in [2.45, 2.75) is 32.2 Å². The lowest BCUT2D eigenvalue weighted by molar-refractivity contribution is -0.117. The van der Waals surface area contributed by atoms with E-state index in [0.717, 1.165) is 45.0 Å². The molecule has 5 heteroatoms. The molecule has 2 fully saturated rings. The molecule has 1 aromatic rings. The minimum Gasteiger partial charge on any atom is -0.325 e. The zero-order valence-corrected chi connectivity index (χ0v) is 14.9. The Morgan fingerprint density at radius 2 is 2.08 bits per heavy atom. The molecule has 0 spiro atoms. The van der Waals surface area contributed by atoms with Crippen molar-refractivity contribution >= 4 is 11.6 Å². The maximum Gasteiger partial charge on any atom is 0.238 e. The Hall–Kier alpha value is -1.43. The van der Waals surface area contributed by atoms with Crippen LogP contribution in [0.25, 0.3) is 0 Å². The number of nitrogens with zero attached hydrogens (tertiary/aromatic N) is 2. The van der Waals surface area contributed by atoms with E-state index in [2.05, 4.69) is 46.4 Å². The van der Waals surface area contributed by atoms with Crippen molar-refractivity contribution in [1.82, 2.24) is 15.1 Å². The van der Waals surface area contributed by atoms with Crippen LogP contribution in [0, 0.1) is 0 Å². The van der Waals surface area contributed by atoms with Crippen LogP contribution in [0.4, 0.5) is 5.69 Å². The first-order chi connectivity index (χ1) is 11.6. The molecule has 0 saturated carbocycles. The van der Waals surface area contributed by atoms with Gasteiger partial charge in [-0.3, -0.25) is 14.6 Å². The first kappa shape index (κ1) is 17.4. The molecule has 1 atom stereocenters. The molecule has 2 aliphatic heterocycles. The van der Waals surface area contributed by atoms with E-state index < -0.39 is 0 Å². The molecule has 0 aliphatic carbocycles. The highest BCUT2D eigenvalue weighted by molar-refractivity contribution is 5.92. The molecule has 5 nitrogen and oxygen atoms in total. The Bertz CT molecular complexity index is 546. The lowest BCUT2D eigenvalue weighted by Crippen LogP contribution is -2.52. The summed E-state index contributed by atoms with van der Waals surface area (Å²) in [5, 5.41) is 6.48. The topological polar surface area (TPSA) is 47.6 Å².